The summed E-state index contributed by atoms with van der Waals surface area (Å²) in [6.45, 7) is 0. The first kappa shape index (κ1) is 15.1. The van der Waals surface area contributed by atoms with E-state index in [9.17, 15) is 9.90 Å². The van der Waals surface area contributed by atoms with Crippen molar-refractivity contribution >= 4 is 39.9 Å². The van der Waals surface area contributed by atoms with Crippen molar-refractivity contribution in [1.82, 2.24) is 0 Å². The first-order valence-electron chi connectivity index (χ1n) is 5.71. The number of ether oxygens (including phenoxy) is 2. The number of methoxy groups -OCH3 is 2. The van der Waals surface area contributed by atoms with Gasteiger partial charge < -0.3 is 14.6 Å². The summed E-state index contributed by atoms with van der Waals surface area (Å²) in [4.78, 5) is 11.6. The summed E-state index contributed by atoms with van der Waals surface area (Å²) in [5.74, 6) is -0.519. The molecule has 0 spiro atoms. The summed E-state index contributed by atoms with van der Waals surface area (Å²) in [6.07, 6.45) is -1.12. The van der Waals surface area contributed by atoms with E-state index in [4.69, 9.17) is 27.9 Å². The van der Waals surface area contributed by atoms with Crippen LogP contribution in [0.15, 0.2) is 24.3 Å². The molecule has 0 aliphatic heterocycles. The van der Waals surface area contributed by atoms with Crippen LogP contribution in [0.5, 0.6) is 0 Å². The summed E-state index contributed by atoms with van der Waals surface area (Å²) in [6, 6.07) is 6.46. The number of hydrogen-bond donors (Lipinski definition) is 1. The lowest BCUT2D eigenvalue weighted by molar-refractivity contribution is -0.0767. The zero-order chi connectivity index (χ0) is 14.9. The Hall–Kier alpha value is -1.33. The molecule has 2 rings (SSSR count). The van der Waals surface area contributed by atoms with Crippen LogP contribution < -0.4 is 0 Å². The van der Waals surface area contributed by atoms with E-state index in [2.05, 4.69) is 4.74 Å². The molecule has 0 amide bonds. The van der Waals surface area contributed by atoms with E-state index in [1.165, 1.54) is 20.3 Å². The van der Waals surface area contributed by atoms with Crippen LogP contribution >= 0.6 is 23.2 Å². The number of esters is 1. The van der Waals surface area contributed by atoms with Gasteiger partial charge in [0.05, 0.1) is 22.7 Å². The third-order valence-corrected chi connectivity index (χ3v) is 3.82. The van der Waals surface area contributed by atoms with Crippen LogP contribution in [0, 0.1) is 0 Å². The van der Waals surface area contributed by atoms with E-state index in [1.54, 1.807) is 18.2 Å². The normalized spacial score (nSPS) is 12.4. The fourth-order valence-corrected chi connectivity index (χ4v) is 2.56. The second kappa shape index (κ2) is 5.97. The minimum absolute atomic E-state index is 0.259. The number of fused-ring (bicyclic) bond motifs is 1. The average molecular weight is 315 g/mol. The largest absolute Gasteiger partial charge is 0.465 e. The highest BCUT2D eigenvalue weighted by molar-refractivity contribution is 6.41. The maximum atomic E-state index is 11.6. The van der Waals surface area contributed by atoms with Crippen LogP contribution in [0.4, 0.5) is 0 Å². The van der Waals surface area contributed by atoms with E-state index < -0.39 is 12.3 Å². The highest BCUT2D eigenvalue weighted by atomic mass is 35.5. The van der Waals surface area contributed by atoms with Gasteiger partial charge in [-0.1, -0.05) is 41.4 Å². The highest BCUT2D eigenvalue weighted by Gasteiger charge is 2.18. The van der Waals surface area contributed by atoms with Crippen molar-refractivity contribution in [3.05, 3.63) is 45.4 Å². The molecule has 0 radical (unpaired) electrons. The molecule has 2 aromatic carbocycles. The number of rotatable bonds is 3. The van der Waals surface area contributed by atoms with Crippen molar-refractivity contribution in [3.8, 4) is 0 Å². The lowest BCUT2D eigenvalue weighted by Crippen LogP contribution is -2.03. The van der Waals surface area contributed by atoms with Crippen LogP contribution in [-0.2, 0) is 9.47 Å². The molecule has 0 bridgehead atoms. The molecule has 0 saturated heterocycles. The minimum Gasteiger partial charge on any atom is -0.465 e. The number of carbonyl (C=O) groups is 1. The fraction of sp³-hybridized carbons (Fsp3) is 0.214. The molecular formula is C14H12Cl2O4. The zero-order valence-electron chi connectivity index (χ0n) is 10.8. The van der Waals surface area contributed by atoms with Crippen LogP contribution in [0.2, 0.25) is 10.0 Å². The molecule has 106 valence electrons. The van der Waals surface area contributed by atoms with Crippen molar-refractivity contribution in [2.45, 2.75) is 6.29 Å². The van der Waals surface area contributed by atoms with Crippen LogP contribution in [0.3, 0.4) is 0 Å². The summed E-state index contributed by atoms with van der Waals surface area (Å²) < 4.78 is 9.50. The number of hydrogen-bond acceptors (Lipinski definition) is 4. The molecule has 1 atom stereocenters. The number of halogens is 2. The van der Waals surface area contributed by atoms with Gasteiger partial charge in [-0.3, -0.25) is 0 Å². The molecule has 0 aliphatic rings. The molecule has 0 aromatic heterocycles. The summed E-state index contributed by atoms with van der Waals surface area (Å²) in [7, 11) is 2.66. The van der Waals surface area contributed by atoms with E-state index in [1.807, 2.05) is 0 Å². The van der Waals surface area contributed by atoms with Crippen LogP contribution in [0.25, 0.3) is 10.8 Å². The van der Waals surface area contributed by atoms with E-state index in [0.29, 0.717) is 21.4 Å². The SMILES string of the molecule is COC(=O)c1ccc2c(Cl)c(C(O)OC)ccc2c1Cl. The lowest BCUT2D eigenvalue weighted by atomic mass is 10.0. The molecule has 0 heterocycles. The first-order chi connectivity index (χ1) is 9.51. The molecule has 0 aliphatic carbocycles. The Kier molecular flexibility index (Phi) is 4.50. The fourth-order valence-electron chi connectivity index (χ4n) is 1.93. The first-order valence-corrected chi connectivity index (χ1v) is 6.46. The van der Waals surface area contributed by atoms with Crippen molar-refractivity contribution in [3.63, 3.8) is 0 Å². The Morgan fingerprint density at radius 3 is 2.30 bits per heavy atom. The van der Waals surface area contributed by atoms with Gasteiger partial charge in [0.1, 0.15) is 0 Å². The van der Waals surface area contributed by atoms with Crippen molar-refractivity contribution in [2.24, 2.45) is 0 Å². The molecule has 1 unspecified atom stereocenters. The van der Waals surface area contributed by atoms with E-state index in [-0.39, 0.29) is 10.6 Å². The van der Waals surface area contributed by atoms with Crippen molar-refractivity contribution in [2.75, 3.05) is 14.2 Å². The molecular weight excluding hydrogens is 303 g/mol. The van der Waals surface area contributed by atoms with Gasteiger partial charge in [0.2, 0.25) is 0 Å². The Labute approximate surface area is 125 Å². The smallest absolute Gasteiger partial charge is 0.339 e. The molecule has 2 aromatic rings. The second-order valence-corrected chi connectivity index (χ2v) is 4.83. The van der Waals surface area contributed by atoms with Gasteiger partial charge in [0, 0.05) is 23.4 Å². The molecule has 0 fully saturated rings. The Balaban J connectivity index is 2.68. The molecule has 0 saturated carbocycles. The van der Waals surface area contributed by atoms with Crippen LogP contribution in [0.1, 0.15) is 22.2 Å². The number of aliphatic hydroxyl groups excluding tert-OH is 1. The van der Waals surface area contributed by atoms with Gasteiger partial charge in [0.25, 0.3) is 0 Å². The summed E-state index contributed by atoms with van der Waals surface area (Å²) in [5.41, 5.74) is 0.696. The minimum atomic E-state index is -1.12. The van der Waals surface area contributed by atoms with Crippen molar-refractivity contribution < 1.29 is 19.4 Å². The summed E-state index contributed by atoms with van der Waals surface area (Å²) in [5, 5.41) is 11.5. The predicted octanol–water partition coefficient (Wildman–Crippen LogP) is 3.57. The molecule has 6 heteroatoms. The third kappa shape index (κ3) is 2.47. The maximum Gasteiger partial charge on any atom is 0.339 e. The van der Waals surface area contributed by atoms with E-state index in [0.717, 1.165) is 0 Å². The predicted molar refractivity (Wildman–Crippen MR) is 77.3 cm³/mol. The highest BCUT2D eigenvalue weighted by Crippen LogP contribution is 2.36. The topological polar surface area (TPSA) is 55.8 Å². The van der Waals surface area contributed by atoms with E-state index >= 15 is 0 Å². The lowest BCUT2D eigenvalue weighted by Gasteiger charge is -2.14. The van der Waals surface area contributed by atoms with Gasteiger partial charge in [-0.25, -0.2) is 4.79 Å². The van der Waals surface area contributed by atoms with Crippen molar-refractivity contribution in [1.29, 1.82) is 0 Å². The monoisotopic (exact) mass is 314 g/mol. The third-order valence-electron chi connectivity index (χ3n) is 2.99. The number of carbonyl (C=O) groups excluding carboxylic acids is 1. The molecule has 4 nitrogen and oxygen atoms in total. The Morgan fingerprint density at radius 1 is 1.10 bits per heavy atom. The van der Waals surface area contributed by atoms with Gasteiger partial charge in [0.15, 0.2) is 6.29 Å². The van der Waals surface area contributed by atoms with Gasteiger partial charge in [-0.15, -0.1) is 0 Å². The Bertz CT molecular complexity index is 670. The zero-order valence-corrected chi connectivity index (χ0v) is 12.3. The average Bonchev–Trinajstić information content (AvgIpc) is 2.47. The molecule has 20 heavy (non-hydrogen) atoms. The molecule has 1 N–H and O–H groups in total. The maximum absolute atomic E-state index is 11.6. The summed E-state index contributed by atoms with van der Waals surface area (Å²) >= 11 is 12.4. The van der Waals surface area contributed by atoms with Gasteiger partial charge in [-0.2, -0.15) is 0 Å². The standard InChI is InChI=1S/C14H12Cl2O4/c1-19-13(17)9-5-3-8-7(11(9)15)4-6-10(12(8)16)14(18)20-2/h3-6,13,17H,1-2H3. The quantitative estimate of drug-likeness (QED) is 0.695. The Morgan fingerprint density at radius 2 is 1.70 bits per heavy atom. The van der Waals surface area contributed by atoms with Gasteiger partial charge in [-0.05, 0) is 6.07 Å². The second-order valence-electron chi connectivity index (χ2n) is 4.07. The number of aliphatic hydroxyl groups is 1. The van der Waals surface area contributed by atoms with Crippen LogP contribution in [-0.4, -0.2) is 25.3 Å². The van der Waals surface area contributed by atoms with Gasteiger partial charge >= 0.3 is 5.97 Å². The number of benzene rings is 2.